The molecule has 0 aromatic heterocycles. The first-order chi connectivity index (χ1) is 25.3. The van der Waals surface area contributed by atoms with Crippen molar-refractivity contribution < 1.29 is 52.5 Å². The van der Waals surface area contributed by atoms with Crippen LogP contribution in [0.3, 0.4) is 0 Å². The summed E-state index contributed by atoms with van der Waals surface area (Å²) in [4.78, 5) is 90.0. The fourth-order valence-corrected chi connectivity index (χ4v) is 5.97. The highest BCUT2D eigenvalue weighted by Gasteiger charge is 2.30. The maximum Gasteiger partial charge on any atom is 0.408 e. The second kappa shape index (κ2) is 22.4. The van der Waals surface area contributed by atoms with E-state index in [1.807, 2.05) is 6.07 Å². The van der Waals surface area contributed by atoms with E-state index in [1.54, 1.807) is 45.0 Å². The van der Waals surface area contributed by atoms with Crippen molar-refractivity contribution in [2.24, 2.45) is 0 Å². The average molecular weight is 745 g/mol. The van der Waals surface area contributed by atoms with Crippen LogP contribution < -0.4 is 21.3 Å². The van der Waals surface area contributed by atoms with Gasteiger partial charge in [0.2, 0.25) is 17.7 Å². The Kier molecular flexibility index (Phi) is 18.1. The number of esters is 3. The van der Waals surface area contributed by atoms with E-state index in [-0.39, 0.29) is 44.5 Å². The van der Waals surface area contributed by atoms with E-state index < -0.39 is 72.5 Å². The van der Waals surface area contributed by atoms with Gasteiger partial charge in [0.15, 0.2) is 0 Å². The molecule has 294 valence electrons. The van der Waals surface area contributed by atoms with Crippen LogP contribution in [-0.4, -0.2) is 84.7 Å². The Morgan fingerprint density at radius 3 is 1.72 bits per heavy atom. The van der Waals surface area contributed by atoms with Crippen molar-refractivity contribution >= 4 is 41.7 Å². The molecular weight excluding hydrogens is 688 g/mol. The zero-order valence-electron chi connectivity index (χ0n) is 31.2. The highest BCUT2D eigenvalue weighted by atomic mass is 16.6. The number of amides is 4. The zero-order chi connectivity index (χ0) is 38.6. The second-order valence-electron chi connectivity index (χ2n) is 14.5. The summed E-state index contributed by atoms with van der Waals surface area (Å²) in [6, 6.07) is 6.32. The molecule has 53 heavy (non-hydrogen) atoms. The van der Waals surface area contributed by atoms with E-state index in [9.17, 15) is 33.6 Å². The monoisotopic (exact) mass is 744 g/mol. The molecule has 0 aliphatic heterocycles. The first kappa shape index (κ1) is 42.7. The maximum absolute atomic E-state index is 13.7. The molecule has 4 amide bonds. The number of alkyl carbamates (subject to hydrolysis) is 1. The standard InChI is InChI=1S/C38H56N4O11/c1-38(2,3)53-37(49)40-23-31(43)41-30(20-22-33(45)52-28-17-11-6-12-18-28)36(48)42-29(19-21-32(44)51-27-15-9-5-10-16-27)35(47)39-24-34(46)50-25-26-13-7-4-8-14-26/h4,7-8,13-14,27-30H,5-6,9-12,15-25H2,1-3H3,(H,39,47)(H,40,49)(H,41,43)(H,42,48)/t29-,30-/m0/s1. The van der Waals surface area contributed by atoms with Gasteiger partial charge < -0.3 is 40.2 Å². The van der Waals surface area contributed by atoms with Gasteiger partial charge in [-0.3, -0.25) is 28.8 Å². The van der Waals surface area contributed by atoms with Crippen LogP contribution in [0, 0.1) is 0 Å². The Bertz CT molecular complexity index is 1370. The molecule has 15 heteroatoms. The molecule has 2 atom stereocenters. The summed E-state index contributed by atoms with van der Waals surface area (Å²) in [6.45, 7) is 3.94. The number of ether oxygens (including phenoxy) is 4. The van der Waals surface area contributed by atoms with E-state index in [1.165, 1.54) is 0 Å². The molecule has 2 fully saturated rings. The van der Waals surface area contributed by atoms with Crippen molar-refractivity contribution in [3.63, 3.8) is 0 Å². The van der Waals surface area contributed by atoms with Crippen molar-refractivity contribution in [2.75, 3.05) is 13.1 Å². The van der Waals surface area contributed by atoms with Gasteiger partial charge in [0, 0.05) is 12.8 Å². The minimum atomic E-state index is -1.33. The molecule has 2 saturated carbocycles. The van der Waals surface area contributed by atoms with E-state index in [0.29, 0.717) is 0 Å². The fourth-order valence-electron chi connectivity index (χ4n) is 5.97. The van der Waals surface area contributed by atoms with Gasteiger partial charge in [-0.2, -0.15) is 0 Å². The Hall–Kier alpha value is -4.69. The van der Waals surface area contributed by atoms with Crippen LogP contribution in [0.2, 0.25) is 0 Å². The van der Waals surface area contributed by atoms with Crippen LogP contribution in [0.1, 0.15) is 116 Å². The molecule has 2 aliphatic rings. The minimum Gasteiger partial charge on any atom is -0.462 e. The number of rotatable bonds is 18. The van der Waals surface area contributed by atoms with Gasteiger partial charge in [-0.25, -0.2) is 4.79 Å². The van der Waals surface area contributed by atoms with E-state index >= 15 is 0 Å². The largest absolute Gasteiger partial charge is 0.462 e. The van der Waals surface area contributed by atoms with E-state index in [2.05, 4.69) is 21.3 Å². The lowest BCUT2D eigenvalue weighted by atomic mass is 9.98. The number of hydrogen-bond acceptors (Lipinski definition) is 11. The molecule has 1 aromatic carbocycles. The lowest BCUT2D eigenvalue weighted by Gasteiger charge is -2.25. The summed E-state index contributed by atoms with van der Waals surface area (Å²) in [5.74, 6) is -4.14. The summed E-state index contributed by atoms with van der Waals surface area (Å²) in [5.41, 5.74) is -0.0515. The van der Waals surface area contributed by atoms with Gasteiger partial charge in [0.05, 0.1) is 0 Å². The molecule has 4 N–H and O–H groups in total. The third kappa shape index (κ3) is 18.1. The molecule has 2 aliphatic carbocycles. The summed E-state index contributed by atoms with van der Waals surface area (Å²) in [7, 11) is 0. The maximum atomic E-state index is 13.7. The Labute approximate surface area is 311 Å². The minimum absolute atomic E-state index is 0.00391. The third-order valence-corrected chi connectivity index (χ3v) is 8.70. The molecule has 0 spiro atoms. The molecule has 3 rings (SSSR count). The van der Waals surface area contributed by atoms with Crippen LogP contribution in [0.25, 0.3) is 0 Å². The zero-order valence-corrected chi connectivity index (χ0v) is 31.2. The first-order valence-electron chi connectivity index (χ1n) is 18.7. The van der Waals surface area contributed by atoms with Crippen LogP contribution in [0.5, 0.6) is 0 Å². The highest BCUT2D eigenvalue weighted by molar-refractivity contribution is 5.94. The predicted octanol–water partition coefficient (Wildman–Crippen LogP) is 3.65. The van der Waals surface area contributed by atoms with Crippen molar-refractivity contribution in [1.82, 2.24) is 21.3 Å². The van der Waals surface area contributed by atoms with Crippen molar-refractivity contribution in [3.8, 4) is 0 Å². The Balaban J connectivity index is 1.67. The average Bonchev–Trinajstić information content (AvgIpc) is 3.12. The number of nitrogens with one attached hydrogen (secondary N) is 4. The van der Waals surface area contributed by atoms with Crippen LogP contribution in [-0.2, 0) is 54.3 Å². The van der Waals surface area contributed by atoms with Crippen molar-refractivity contribution in [3.05, 3.63) is 35.9 Å². The van der Waals surface area contributed by atoms with Crippen LogP contribution >= 0.6 is 0 Å². The number of benzene rings is 1. The molecule has 0 radical (unpaired) electrons. The van der Waals surface area contributed by atoms with Crippen molar-refractivity contribution in [1.29, 1.82) is 0 Å². The summed E-state index contributed by atoms with van der Waals surface area (Å²) in [5, 5.41) is 9.86. The summed E-state index contributed by atoms with van der Waals surface area (Å²) >= 11 is 0. The third-order valence-electron chi connectivity index (χ3n) is 8.70. The predicted molar refractivity (Wildman–Crippen MR) is 192 cm³/mol. The number of carbonyl (C=O) groups is 7. The molecule has 0 saturated heterocycles. The summed E-state index contributed by atoms with van der Waals surface area (Å²) in [6.07, 6.45) is 6.92. The molecule has 15 nitrogen and oxygen atoms in total. The topological polar surface area (TPSA) is 205 Å². The molecule has 0 bridgehead atoms. The highest BCUT2D eigenvalue weighted by Crippen LogP contribution is 2.22. The normalized spacial score (nSPS) is 16.2. The lowest BCUT2D eigenvalue weighted by molar-refractivity contribution is -0.152. The van der Waals surface area contributed by atoms with Gasteiger partial charge >= 0.3 is 24.0 Å². The van der Waals surface area contributed by atoms with Gasteiger partial charge in [-0.05, 0) is 90.5 Å². The summed E-state index contributed by atoms with van der Waals surface area (Å²) < 4.78 is 21.6. The van der Waals surface area contributed by atoms with Crippen molar-refractivity contribution in [2.45, 2.75) is 147 Å². The van der Waals surface area contributed by atoms with Crippen LogP contribution in [0.4, 0.5) is 4.79 Å². The van der Waals surface area contributed by atoms with Crippen LogP contribution in [0.15, 0.2) is 30.3 Å². The quantitative estimate of drug-likeness (QED) is 0.126. The fraction of sp³-hybridized carbons (Fsp3) is 0.658. The number of hydrogen-bond donors (Lipinski definition) is 4. The van der Waals surface area contributed by atoms with Gasteiger partial charge in [0.25, 0.3) is 0 Å². The Morgan fingerprint density at radius 2 is 1.19 bits per heavy atom. The molecule has 0 unspecified atom stereocenters. The number of carbonyl (C=O) groups excluding carboxylic acids is 7. The molecule has 1 aromatic rings. The smallest absolute Gasteiger partial charge is 0.408 e. The molecule has 0 heterocycles. The second-order valence-corrected chi connectivity index (χ2v) is 14.5. The van der Waals surface area contributed by atoms with E-state index in [4.69, 9.17) is 18.9 Å². The van der Waals surface area contributed by atoms with Gasteiger partial charge in [-0.1, -0.05) is 43.2 Å². The molecular formula is C38H56N4O11. The lowest BCUT2D eigenvalue weighted by Crippen LogP contribution is -2.55. The SMILES string of the molecule is CC(C)(C)OC(=O)NCC(=O)N[C@@H](CCC(=O)OC1CCCCC1)C(=O)N[C@@H](CCC(=O)OC1CCCCC1)C(=O)NCC(=O)OCc1ccccc1. The van der Waals surface area contributed by atoms with Gasteiger partial charge in [0.1, 0.15) is 49.6 Å². The Morgan fingerprint density at radius 1 is 0.660 bits per heavy atom. The van der Waals surface area contributed by atoms with Gasteiger partial charge in [-0.15, -0.1) is 0 Å². The first-order valence-corrected chi connectivity index (χ1v) is 18.7. The van der Waals surface area contributed by atoms with E-state index in [0.717, 1.165) is 69.8 Å².